The van der Waals surface area contributed by atoms with Crippen LogP contribution in [0.2, 0.25) is 0 Å². The standard InChI is InChI=1S/C16H14FNO3/c1-10-5-7-11(8-6-10)9-14(19)18-13-4-2-3-12(17)15(13)16(20)21/h2-8H,9H2,1H3,(H,18,19)(H,20,21). The molecule has 2 N–H and O–H groups in total. The maximum absolute atomic E-state index is 13.5. The summed E-state index contributed by atoms with van der Waals surface area (Å²) in [5.74, 6) is -2.69. The molecule has 2 aromatic rings. The van der Waals surface area contributed by atoms with E-state index in [1.807, 2.05) is 31.2 Å². The molecule has 0 aliphatic heterocycles. The van der Waals surface area contributed by atoms with Gasteiger partial charge in [0, 0.05) is 0 Å². The van der Waals surface area contributed by atoms with Gasteiger partial charge >= 0.3 is 5.97 Å². The monoisotopic (exact) mass is 287 g/mol. The van der Waals surface area contributed by atoms with Gasteiger partial charge in [0.1, 0.15) is 11.4 Å². The molecule has 21 heavy (non-hydrogen) atoms. The molecule has 0 aliphatic carbocycles. The van der Waals surface area contributed by atoms with Crippen molar-refractivity contribution in [3.63, 3.8) is 0 Å². The molecule has 0 aromatic heterocycles. The molecule has 0 spiro atoms. The van der Waals surface area contributed by atoms with Crippen LogP contribution >= 0.6 is 0 Å². The van der Waals surface area contributed by atoms with Crippen molar-refractivity contribution in [3.05, 3.63) is 65.0 Å². The van der Waals surface area contributed by atoms with Gasteiger partial charge in [-0.3, -0.25) is 4.79 Å². The van der Waals surface area contributed by atoms with E-state index in [1.165, 1.54) is 12.1 Å². The van der Waals surface area contributed by atoms with Crippen LogP contribution in [-0.4, -0.2) is 17.0 Å². The first-order valence-electron chi connectivity index (χ1n) is 6.34. The molecule has 5 heteroatoms. The molecule has 0 radical (unpaired) electrons. The van der Waals surface area contributed by atoms with Crippen LogP contribution in [0, 0.1) is 12.7 Å². The molecule has 0 aliphatic rings. The second kappa shape index (κ2) is 6.17. The highest BCUT2D eigenvalue weighted by Gasteiger charge is 2.17. The molecular weight excluding hydrogens is 273 g/mol. The number of nitrogens with one attached hydrogen (secondary N) is 1. The highest BCUT2D eigenvalue weighted by atomic mass is 19.1. The lowest BCUT2D eigenvalue weighted by Crippen LogP contribution is -2.17. The van der Waals surface area contributed by atoms with E-state index in [9.17, 15) is 14.0 Å². The number of hydrogen-bond acceptors (Lipinski definition) is 2. The number of halogens is 1. The number of hydrogen-bond donors (Lipinski definition) is 2. The van der Waals surface area contributed by atoms with E-state index in [1.54, 1.807) is 0 Å². The van der Waals surface area contributed by atoms with Gasteiger partial charge in [-0.25, -0.2) is 9.18 Å². The molecule has 2 aromatic carbocycles. The van der Waals surface area contributed by atoms with Gasteiger partial charge < -0.3 is 10.4 Å². The third-order valence-corrected chi connectivity index (χ3v) is 2.99. The number of amides is 1. The van der Waals surface area contributed by atoms with Gasteiger partial charge in [-0.15, -0.1) is 0 Å². The molecule has 0 unspecified atom stereocenters. The Kier molecular flexibility index (Phi) is 4.33. The van der Waals surface area contributed by atoms with Crippen LogP contribution in [-0.2, 0) is 11.2 Å². The SMILES string of the molecule is Cc1ccc(CC(=O)Nc2cccc(F)c2C(=O)O)cc1. The summed E-state index contributed by atoms with van der Waals surface area (Å²) >= 11 is 0. The largest absolute Gasteiger partial charge is 0.478 e. The lowest BCUT2D eigenvalue weighted by molar-refractivity contribution is -0.115. The van der Waals surface area contributed by atoms with Crippen LogP contribution in [0.1, 0.15) is 21.5 Å². The van der Waals surface area contributed by atoms with E-state index in [0.717, 1.165) is 17.2 Å². The predicted molar refractivity (Wildman–Crippen MR) is 76.9 cm³/mol. The van der Waals surface area contributed by atoms with Gasteiger partial charge in [-0.2, -0.15) is 0 Å². The molecule has 0 heterocycles. The minimum Gasteiger partial charge on any atom is -0.478 e. The highest BCUT2D eigenvalue weighted by molar-refractivity contribution is 6.01. The van der Waals surface area contributed by atoms with Gasteiger partial charge in [-0.1, -0.05) is 35.9 Å². The fourth-order valence-corrected chi connectivity index (χ4v) is 1.93. The van der Waals surface area contributed by atoms with Crippen molar-refractivity contribution < 1.29 is 19.1 Å². The number of aryl methyl sites for hydroxylation is 1. The van der Waals surface area contributed by atoms with Crippen molar-refractivity contribution in [1.29, 1.82) is 0 Å². The van der Waals surface area contributed by atoms with E-state index in [4.69, 9.17) is 5.11 Å². The summed E-state index contributed by atoms with van der Waals surface area (Å²) in [6.45, 7) is 1.94. The van der Waals surface area contributed by atoms with E-state index in [-0.39, 0.29) is 12.1 Å². The zero-order chi connectivity index (χ0) is 15.4. The summed E-state index contributed by atoms with van der Waals surface area (Å²) in [4.78, 5) is 23.0. The zero-order valence-corrected chi connectivity index (χ0v) is 11.4. The van der Waals surface area contributed by atoms with Crippen LogP contribution in [0.4, 0.5) is 10.1 Å². The first-order valence-corrected chi connectivity index (χ1v) is 6.34. The number of carboxylic acids is 1. The van der Waals surface area contributed by atoms with E-state index < -0.39 is 23.3 Å². The Labute approximate surface area is 121 Å². The molecule has 2 rings (SSSR count). The lowest BCUT2D eigenvalue weighted by Gasteiger charge is -2.09. The van der Waals surface area contributed by atoms with Crippen molar-refractivity contribution in [1.82, 2.24) is 0 Å². The smallest absolute Gasteiger partial charge is 0.340 e. The Morgan fingerprint density at radius 1 is 1.14 bits per heavy atom. The van der Waals surface area contributed by atoms with E-state index in [0.29, 0.717) is 0 Å². The summed E-state index contributed by atoms with van der Waals surface area (Å²) in [7, 11) is 0. The fourth-order valence-electron chi connectivity index (χ4n) is 1.93. The number of carbonyl (C=O) groups is 2. The Morgan fingerprint density at radius 2 is 1.81 bits per heavy atom. The molecule has 4 nitrogen and oxygen atoms in total. The van der Waals surface area contributed by atoms with Crippen molar-refractivity contribution in [2.24, 2.45) is 0 Å². The fraction of sp³-hybridized carbons (Fsp3) is 0.125. The first kappa shape index (κ1) is 14.7. The summed E-state index contributed by atoms with van der Waals surface area (Å²) < 4.78 is 13.5. The summed E-state index contributed by atoms with van der Waals surface area (Å²) in [5, 5.41) is 11.4. The van der Waals surface area contributed by atoms with Crippen molar-refractivity contribution in [2.75, 3.05) is 5.32 Å². The van der Waals surface area contributed by atoms with Gasteiger partial charge in [0.15, 0.2) is 0 Å². The van der Waals surface area contributed by atoms with Gasteiger partial charge in [-0.05, 0) is 24.6 Å². The third kappa shape index (κ3) is 3.66. The van der Waals surface area contributed by atoms with Crippen LogP contribution in [0.3, 0.4) is 0 Å². The molecule has 0 saturated heterocycles. The number of carboxylic acid groups (broad SMARTS) is 1. The zero-order valence-electron chi connectivity index (χ0n) is 11.4. The second-order valence-corrected chi connectivity index (χ2v) is 4.68. The summed E-state index contributed by atoms with van der Waals surface area (Å²) in [6, 6.07) is 11.2. The topological polar surface area (TPSA) is 66.4 Å². The molecule has 0 fully saturated rings. The van der Waals surface area contributed by atoms with Crippen LogP contribution in [0.15, 0.2) is 42.5 Å². The van der Waals surface area contributed by atoms with Gasteiger partial charge in [0.25, 0.3) is 0 Å². The van der Waals surface area contributed by atoms with Crippen molar-refractivity contribution in [3.8, 4) is 0 Å². The Bertz CT molecular complexity index is 680. The van der Waals surface area contributed by atoms with Crippen LogP contribution in [0.25, 0.3) is 0 Å². The number of anilines is 1. The quantitative estimate of drug-likeness (QED) is 0.908. The maximum atomic E-state index is 13.5. The Morgan fingerprint density at radius 3 is 2.43 bits per heavy atom. The lowest BCUT2D eigenvalue weighted by atomic mass is 10.1. The number of carbonyl (C=O) groups excluding carboxylic acids is 1. The third-order valence-electron chi connectivity index (χ3n) is 2.99. The normalized spacial score (nSPS) is 10.2. The molecule has 0 bridgehead atoms. The summed E-state index contributed by atoms with van der Waals surface area (Å²) in [5.41, 5.74) is 1.30. The van der Waals surface area contributed by atoms with Crippen molar-refractivity contribution >= 4 is 17.6 Å². The number of rotatable bonds is 4. The molecule has 0 atom stereocenters. The van der Waals surface area contributed by atoms with Crippen molar-refractivity contribution in [2.45, 2.75) is 13.3 Å². The molecular formula is C16H14FNO3. The Balaban J connectivity index is 2.15. The Hall–Kier alpha value is -2.69. The maximum Gasteiger partial charge on any atom is 0.340 e. The highest BCUT2D eigenvalue weighted by Crippen LogP contribution is 2.19. The van der Waals surface area contributed by atoms with E-state index >= 15 is 0 Å². The average Bonchev–Trinajstić information content (AvgIpc) is 2.41. The second-order valence-electron chi connectivity index (χ2n) is 4.68. The van der Waals surface area contributed by atoms with Gasteiger partial charge in [0.2, 0.25) is 5.91 Å². The molecule has 108 valence electrons. The average molecular weight is 287 g/mol. The molecule has 0 saturated carbocycles. The molecule has 1 amide bonds. The summed E-state index contributed by atoms with van der Waals surface area (Å²) in [6.07, 6.45) is 0.0931. The van der Waals surface area contributed by atoms with Gasteiger partial charge in [0.05, 0.1) is 12.1 Å². The van der Waals surface area contributed by atoms with Crippen LogP contribution in [0.5, 0.6) is 0 Å². The minimum atomic E-state index is -1.42. The van der Waals surface area contributed by atoms with Crippen LogP contribution < -0.4 is 5.32 Å². The predicted octanol–water partition coefficient (Wildman–Crippen LogP) is 3.01. The minimum absolute atomic E-state index is 0.0420. The number of aromatic carboxylic acids is 1. The van der Waals surface area contributed by atoms with E-state index in [2.05, 4.69) is 5.32 Å². The first-order chi connectivity index (χ1) is 9.97. The number of benzene rings is 2.